The highest BCUT2D eigenvalue weighted by Crippen LogP contribution is 2.25. The van der Waals surface area contributed by atoms with Gasteiger partial charge in [-0.2, -0.15) is 0 Å². The molecule has 24 heavy (non-hydrogen) atoms. The predicted molar refractivity (Wildman–Crippen MR) is 87.8 cm³/mol. The number of amides is 2. The fourth-order valence-corrected chi connectivity index (χ4v) is 2.10. The van der Waals surface area contributed by atoms with Crippen molar-refractivity contribution in [3.05, 3.63) is 47.4 Å². The molecule has 1 aromatic carbocycles. The molecule has 0 aliphatic heterocycles. The summed E-state index contributed by atoms with van der Waals surface area (Å²) in [5, 5.41) is 14.8. The number of aliphatic hydroxyl groups is 1. The van der Waals surface area contributed by atoms with Crippen molar-refractivity contribution in [1.82, 2.24) is 5.32 Å². The van der Waals surface area contributed by atoms with Crippen molar-refractivity contribution in [1.29, 1.82) is 0 Å². The molecule has 0 spiro atoms. The minimum atomic E-state index is -1.02. The zero-order valence-corrected chi connectivity index (χ0v) is 13.8. The van der Waals surface area contributed by atoms with Crippen molar-refractivity contribution < 1.29 is 23.8 Å². The normalized spacial score (nSPS) is 11.7. The maximum Gasteiger partial charge on any atom is 0.313 e. The highest BCUT2D eigenvalue weighted by Gasteiger charge is 2.18. The van der Waals surface area contributed by atoms with Crippen molar-refractivity contribution in [2.45, 2.75) is 20.0 Å². The molecular weight excluding hydrogens is 312 g/mol. The van der Waals surface area contributed by atoms with Crippen LogP contribution in [0.2, 0.25) is 0 Å². The molecule has 3 N–H and O–H groups in total. The van der Waals surface area contributed by atoms with Crippen LogP contribution in [0.4, 0.5) is 5.69 Å². The lowest BCUT2D eigenvalue weighted by atomic mass is 10.2. The zero-order valence-electron chi connectivity index (χ0n) is 13.8. The van der Waals surface area contributed by atoms with Gasteiger partial charge in [0.1, 0.15) is 23.4 Å². The van der Waals surface area contributed by atoms with Crippen molar-refractivity contribution in [3.63, 3.8) is 0 Å². The third-order valence-corrected chi connectivity index (χ3v) is 3.35. The second-order valence-electron chi connectivity index (χ2n) is 5.33. The molecular formula is C17H20N2O5. The van der Waals surface area contributed by atoms with E-state index in [2.05, 4.69) is 10.6 Å². The van der Waals surface area contributed by atoms with Crippen LogP contribution in [0.1, 0.15) is 23.2 Å². The molecule has 0 saturated carbocycles. The zero-order chi connectivity index (χ0) is 17.7. The third kappa shape index (κ3) is 4.36. The van der Waals surface area contributed by atoms with E-state index in [0.29, 0.717) is 23.0 Å². The van der Waals surface area contributed by atoms with Gasteiger partial charge in [0.15, 0.2) is 0 Å². The molecule has 0 radical (unpaired) electrons. The summed E-state index contributed by atoms with van der Waals surface area (Å²) in [6.45, 7) is 3.47. The van der Waals surface area contributed by atoms with Gasteiger partial charge in [-0.05, 0) is 43.7 Å². The van der Waals surface area contributed by atoms with Gasteiger partial charge in [0.25, 0.3) is 0 Å². The number of carbonyl (C=O) groups is 2. The molecule has 1 unspecified atom stereocenters. The number of ether oxygens (including phenoxy) is 1. The number of methoxy groups -OCH3 is 1. The molecule has 1 heterocycles. The Morgan fingerprint density at radius 3 is 2.58 bits per heavy atom. The lowest BCUT2D eigenvalue weighted by molar-refractivity contribution is -0.136. The first-order valence-electron chi connectivity index (χ1n) is 7.39. The monoisotopic (exact) mass is 332 g/mol. The van der Waals surface area contributed by atoms with Gasteiger partial charge >= 0.3 is 11.8 Å². The quantitative estimate of drug-likeness (QED) is 0.724. The number of aryl methyl sites for hydroxylation is 2. The molecule has 7 nitrogen and oxygen atoms in total. The van der Waals surface area contributed by atoms with E-state index in [0.717, 1.165) is 5.56 Å². The predicted octanol–water partition coefficient (Wildman–Crippen LogP) is 1.69. The van der Waals surface area contributed by atoms with E-state index in [1.165, 1.54) is 7.11 Å². The van der Waals surface area contributed by atoms with Crippen LogP contribution in [0.25, 0.3) is 0 Å². The van der Waals surface area contributed by atoms with Crippen LogP contribution in [-0.2, 0) is 9.59 Å². The molecule has 0 aliphatic rings. The number of carbonyl (C=O) groups excluding carboxylic acids is 2. The standard InChI is InChI=1S/C17H20N2O5/c1-10-4-6-14(23-3)12(8-10)19-17(22)16(21)18-9-13(20)15-7-5-11(2)24-15/h4-8,13,20H,9H2,1-3H3,(H,18,21)(H,19,22). The van der Waals surface area contributed by atoms with Gasteiger partial charge in [-0.25, -0.2) is 0 Å². The van der Waals surface area contributed by atoms with Gasteiger partial charge in [-0.1, -0.05) is 6.07 Å². The molecule has 7 heteroatoms. The molecule has 0 bridgehead atoms. The van der Waals surface area contributed by atoms with Crippen molar-refractivity contribution in [2.24, 2.45) is 0 Å². The van der Waals surface area contributed by atoms with Crippen LogP contribution in [0, 0.1) is 13.8 Å². The first-order valence-corrected chi connectivity index (χ1v) is 7.39. The molecule has 128 valence electrons. The Morgan fingerprint density at radius 1 is 1.21 bits per heavy atom. The van der Waals surface area contributed by atoms with E-state index in [1.807, 2.05) is 13.0 Å². The average molecular weight is 332 g/mol. The summed E-state index contributed by atoms with van der Waals surface area (Å²) in [4.78, 5) is 23.8. The molecule has 2 amide bonds. The molecule has 2 rings (SSSR count). The van der Waals surface area contributed by atoms with E-state index in [4.69, 9.17) is 9.15 Å². The molecule has 1 atom stereocenters. The van der Waals surface area contributed by atoms with Gasteiger partial charge in [-0.15, -0.1) is 0 Å². The Morgan fingerprint density at radius 2 is 1.96 bits per heavy atom. The van der Waals surface area contributed by atoms with Crippen molar-refractivity contribution >= 4 is 17.5 Å². The Hall–Kier alpha value is -2.80. The number of hydrogen-bond acceptors (Lipinski definition) is 5. The third-order valence-electron chi connectivity index (χ3n) is 3.35. The van der Waals surface area contributed by atoms with Gasteiger partial charge in [0.2, 0.25) is 0 Å². The number of rotatable bonds is 5. The van der Waals surface area contributed by atoms with E-state index < -0.39 is 17.9 Å². The van der Waals surface area contributed by atoms with Crippen LogP contribution >= 0.6 is 0 Å². The molecule has 2 aromatic rings. The van der Waals surface area contributed by atoms with Crippen LogP contribution in [0.15, 0.2) is 34.7 Å². The first kappa shape index (κ1) is 17.6. The SMILES string of the molecule is COc1ccc(C)cc1NC(=O)C(=O)NCC(O)c1ccc(C)o1. The Kier molecular flexibility index (Phi) is 5.59. The van der Waals surface area contributed by atoms with Crippen LogP contribution in [0.3, 0.4) is 0 Å². The number of furan rings is 1. The second kappa shape index (κ2) is 7.65. The second-order valence-corrected chi connectivity index (χ2v) is 5.33. The first-order chi connectivity index (χ1) is 11.4. The Bertz CT molecular complexity index is 738. The van der Waals surface area contributed by atoms with Gasteiger partial charge in [0.05, 0.1) is 19.3 Å². The summed E-state index contributed by atoms with van der Waals surface area (Å²) >= 11 is 0. The number of benzene rings is 1. The van der Waals surface area contributed by atoms with E-state index >= 15 is 0 Å². The molecule has 0 aliphatic carbocycles. The van der Waals surface area contributed by atoms with E-state index in [1.54, 1.807) is 31.2 Å². The maximum absolute atomic E-state index is 12.0. The topological polar surface area (TPSA) is 101 Å². The van der Waals surface area contributed by atoms with Gasteiger partial charge in [-0.3, -0.25) is 9.59 Å². The smallest absolute Gasteiger partial charge is 0.313 e. The largest absolute Gasteiger partial charge is 0.495 e. The van der Waals surface area contributed by atoms with Crippen LogP contribution < -0.4 is 15.4 Å². The summed E-state index contributed by atoms with van der Waals surface area (Å²) in [5.41, 5.74) is 1.31. The highest BCUT2D eigenvalue weighted by molar-refractivity contribution is 6.39. The summed E-state index contributed by atoms with van der Waals surface area (Å²) in [7, 11) is 1.47. The molecule has 1 aromatic heterocycles. The maximum atomic E-state index is 12.0. The summed E-state index contributed by atoms with van der Waals surface area (Å²) in [6.07, 6.45) is -1.02. The summed E-state index contributed by atoms with van der Waals surface area (Å²) in [5.74, 6) is -0.274. The minimum absolute atomic E-state index is 0.135. The number of hydrogen-bond donors (Lipinski definition) is 3. The fourth-order valence-electron chi connectivity index (χ4n) is 2.10. The van der Waals surface area contributed by atoms with Gasteiger partial charge < -0.3 is 24.9 Å². The minimum Gasteiger partial charge on any atom is -0.495 e. The summed E-state index contributed by atoms with van der Waals surface area (Å²) in [6, 6.07) is 8.55. The lowest BCUT2D eigenvalue weighted by Gasteiger charge is -2.12. The molecule has 0 saturated heterocycles. The van der Waals surface area contributed by atoms with E-state index in [9.17, 15) is 14.7 Å². The van der Waals surface area contributed by atoms with Crippen LogP contribution in [0.5, 0.6) is 5.75 Å². The number of anilines is 1. The Balaban J connectivity index is 1.93. The Labute approximate surface area is 139 Å². The average Bonchev–Trinajstić information content (AvgIpc) is 2.99. The number of aliphatic hydroxyl groups excluding tert-OH is 1. The van der Waals surface area contributed by atoms with Crippen molar-refractivity contribution in [3.8, 4) is 5.75 Å². The highest BCUT2D eigenvalue weighted by atomic mass is 16.5. The lowest BCUT2D eigenvalue weighted by Crippen LogP contribution is -2.37. The van der Waals surface area contributed by atoms with E-state index in [-0.39, 0.29) is 6.54 Å². The number of nitrogens with one attached hydrogen (secondary N) is 2. The van der Waals surface area contributed by atoms with Crippen molar-refractivity contribution in [2.75, 3.05) is 19.0 Å². The van der Waals surface area contributed by atoms with Gasteiger partial charge in [0, 0.05) is 0 Å². The summed E-state index contributed by atoms with van der Waals surface area (Å²) < 4.78 is 10.4. The fraction of sp³-hybridized carbons (Fsp3) is 0.294. The molecule has 0 fully saturated rings. The van der Waals surface area contributed by atoms with Crippen LogP contribution in [-0.4, -0.2) is 30.6 Å².